The number of hydrogen-bond donors (Lipinski definition) is 1. The molecule has 1 aromatic heterocycles. The molecule has 17 heavy (non-hydrogen) atoms. The quantitative estimate of drug-likeness (QED) is 0.885. The van der Waals surface area contributed by atoms with Crippen molar-refractivity contribution in [2.45, 2.75) is 62.8 Å². The lowest BCUT2D eigenvalue weighted by Gasteiger charge is -2.34. The van der Waals surface area contributed by atoms with Crippen LogP contribution in [-0.2, 0) is 11.0 Å². The van der Waals surface area contributed by atoms with Crippen LogP contribution in [0.2, 0.25) is 0 Å². The van der Waals surface area contributed by atoms with Gasteiger partial charge in [0.2, 0.25) is 5.89 Å². The van der Waals surface area contributed by atoms with Gasteiger partial charge in [0, 0.05) is 5.41 Å². The minimum atomic E-state index is -0.318. The van der Waals surface area contributed by atoms with Gasteiger partial charge in [-0.3, -0.25) is 0 Å². The van der Waals surface area contributed by atoms with Gasteiger partial charge in [0.05, 0.1) is 5.54 Å². The monoisotopic (exact) mass is 257 g/mol. The zero-order valence-electron chi connectivity index (χ0n) is 10.2. The Labute approximate surface area is 108 Å². The average Bonchev–Trinajstić information content (AvgIpc) is 2.83. The summed E-state index contributed by atoms with van der Waals surface area (Å²) < 4.78 is 5.41. The van der Waals surface area contributed by atoms with E-state index in [9.17, 15) is 0 Å². The van der Waals surface area contributed by atoms with E-state index < -0.39 is 0 Å². The highest BCUT2D eigenvalue weighted by Gasteiger charge is 2.42. The predicted molar refractivity (Wildman–Crippen MR) is 67.1 cm³/mol. The molecule has 1 heterocycles. The van der Waals surface area contributed by atoms with Gasteiger partial charge >= 0.3 is 0 Å². The Morgan fingerprint density at radius 2 is 1.76 bits per heavy atom. The van der Waals surface area contributed by atoms with Gasteiger partial charge in [-0.05, 0) is 25.7 Å². The lowest BCUT2D eigenvalue weighted by atomic mass is 9.70. The lowest BCUT2D eigenvalue weighted by Crippen LogP contribution is -2.35. The van der Waals surface area contributed by atoms with Crippen LogP contribution in [0.15, 0.2) is 4.52 Å². The number of rotatable bonds is 2. The molecule has 0 radical (unpaired) electrons. The summed E-state index contributed by atoms with van der Waals surface area (Å²) in [5.74, 6) is 1.53. The van der Waals surface area contributed by atoms with Gasteiger partial charge in [-0.15, -0.1) is 12.4 Å². The van der Waals surface area contributed by atoms with Crippen LogP contribution in [0.1, 0.15) is 63.6 Å². The molecule has 0 aliphatic heterocycles. The Morgan fingerprint density at radius 1 is 1.12 bits per heavy atom. The summed E-state index contributed by atoms with van der Waals surface area (Å²) in [5, 5.41) is 4.11. The van der Waals surface area contributed by atoms with E-state index in [0.717, 1.165) is 37.4 Å². The van der Waals surface area contributed by atoms with E-state index in [4.69, 9.17) is 10.3 Å². The highest BCUT2D eigenvalue weighted by atomic mass is 35.5. The van der Waals surface area contributed by atoms with Gasteiger partial charge in [-0.1, -0.05) is 31.3 Å². The summed E-state index contributed by atoms with van der Waals surface area (Å²) in [6, 6.07) is 0. The molecule has 2 saturated carbocycles. The molecule has 4 nitrogen and oxygen atoms in total. The van der Waals surface area contributed by atoms with Crippen LogP contribution < -0.4 is 5.73 Å². The predicted octanol–water partition coefficient (Wildman–Crippen LogP) is 2.66. The van der Waals surface area contributed by atoms with Crippen molar-refractivity contribution in [1.29, 1.82) is 0 Å². The van der Waals surface area contributed by atoms with Crippen molar-refractivity contribution < 1.29 is 4.52 Å². The van der Waals surface area contributed by atoms with E-state index in [-0.39, 0.29) is 23.4 Å². The normalized spacial score (nSPS) is 25.1. The molecule has 96 valence electrons. The first kappa shape index (κ1) is 12.8. The third kappa shape index (κ3) is 1.97. The third-order valence-corrected chi connectivity index (χ3v) is 4.34. The van der Waals surface area contributed by atoms with Crippen LogP contribution in [0.3, 0.4) is 0 Å². The second-order valence-corrected chi connectivity index (χ2v) is 5.70. The van der Waals surface area contributed by atoms with E-state index in [1.807, 2.05) is 0 Å². The highest BCUT2D eigenvalue weighted by molar-refractivity contribution is 5.85. The number of nitrogens with two attached hydrogens (primary N) is 1. The Morgan fingerprint density at radius 3 is 2.29 bits per heavy atom. The van der Waals surface area contributed by atoms with E-state index in [2.05, 4.69) is 17.1 Å². The second kappa shape index (κ2) is 4.25. The second-order valence-electron chi connectivity index (χ2n) is 5.70. The van der Waals surface area contributed by atoms with Gasteiger partial charge in [0.25, 0.3) is 0 Å². The van der Waals surface area contributed by atoms with Crippen LogP contribution in [0, 0.1) is 0 Å². The lowest BCUT2D eigenvalue weighted by molar-refractivity contribution is 0.194. The Balaban J connectivity index is 0.00000108. The molecular formula is C12H20ClN3O. The summed E-state index contributed by atoms with van der Waals surface area (Å²) in [7, 11) is 0. The summed E-state index contributed by atoms with van der Waals surface area (Å²) >= 11 is 0. The van der Waals surface area contributed by atoms with Crippen molar-refractivity contribution >= 4 is 12.4 Å². The minimum Gasteiger partial charge on any atom is -0.339 e. The fraction of sp³-hybridized carbons (Fsp3) is 0.833. The summed E-state index contributed by atoms with van der Waals surface area (Å²) in [6.45, 7) is 2.20. The first-order chi connectivity index (χ1) is 7.62. The number of aromatic nitrogens is 2. The van der Waals surface area contributed by atoms with Gasteiger partial charge in [0.15, 0.2) is 5.82 Å². The van der Waals surface area contributed by atoms with Crippen LogP contribution in [0.5, 0.6) is 0 Å². The first-order valence-corrected chi connectivity index (χ1v) is 6.26. The molecule has 0 saturated heterocycles. The first-order valence-electron chi connectivity index (χ1n) is 6.26. The average molecular weight is 258 g/mol. The maximum absolute atomic E-state index is 6.31. The van der Waals surface area contributed by atoms with E-state index in [0.29, 0.717) is 0 Å². The van der Waals surface area contributed by atoms with Crippen molar-refractivity contribution in [1.82, 2.24) is 10.1 Å². The van der Waals surface area contributed by atoms with Crippen LogP contribution in [-0.4, -0.2) is 10.1 Å². The van der Waals surface area contributed by atoms with Crippen molar-refractivity contribution in [2.24, 2.45) is 5.73 Å². The molecule has 0 bridgehead atoms. The minimum absolute atomic E-state index is 0. The largest absolute Gasteiger partial charge is 0.339 e. The van der Waals surface area contributed by atoms with Crippen LogP contribution >= 0.6 is 12.4 Å². The number of halogens is 1. The molecule has 2 aliphatic rings. The Kier molecular flexibility index (Phi) is 3.21. The molecule has 0 aromatic carbocycles. The molecule has 0 amide bonds. The fourth-order valence-corrected chi connectivity index (χ4v) is 2.82. The Hall–Kier alpha value is -0.610. The highest BCUT2D eigenvalue weighted by Crippen LogP contribution is 2.43. The molecule has 0 unspecified atom stereocenters. The zero-order chi connectivity index (χ0) is 11.2. The molecule has 1 aromatic rings. The van der Waals surface area contributed by atoms with Crippen molar-refractivity contribution in [2.75, 3.05) is 0 Å². The molecular weight excluding hydrogens is 238 g/mol. The number of hydrogen-bond acceptors (Lipinski definition) is 4. The van der Waals surface area contributed by atoms with Gasteiger partial charge in [-0.25, -0.2) is 0 Å². The van der Waals surface area contributed by atoms with Gasteiger partial charge in [0.1, 0.15) is 0 Å². The maximum Gasteiger partial charge on any atom is 0.232 e. The van der Waals surface area contributed by atoms with Gasteiger partial charge < -0.3 is 10.3 Å². The molecule has 3 rings (SSSR count). The van der Waals surface area contributed by atoms with Crippen LogP contribution in [0.4, 0.5) is 0 Å². The standard InChI is InChI=1S/C12H19N3O.ClH/c1-11(5-4-6-11)10-14-9(15-16-10)12(13)7-2-3-8-12;/h2-8,13H2,1H3;1H. The molecule has 0 spiro atoms. The van der Waals surface area contributed by atoms with E-state index >= 15 is 0 Å². The third-order valence-electron chi connectivity index (χ3n) is 4.34. The topological polar surface area (TPSA) is 64.9 Å². The zero-order valence-corrected chi connectivity index (χ0v) is 11.1. The van der Waals surface area contributed by atoms with E-state index in [1.165, 1.54) is 19.3 Å². The van der Waals surface area contributed by atoms with E-state index in [1.54, 1.807) is 0 Å². The SMILES string of the molecule is CC1(c2nc(C3(N)CCCC3)no2)CCC1.Cl. The summed E-state index contributed by atoms with van der Waals surface area (Å²) in [5.41, 5.74) is 6.12. The summed E-state index contributed by atoms with van der Waals surface area (Å²) in [6.07, 6.45) is 7.92. The molecule has 5 heteroatoms. The van der Waals surface area contributed by atoms with Crippen LogP contribution in [0.25, 0.3) is 0 Å². The number of nitrogens with zero attached hydrogens (tertiary/aromatic N) is 2. The maximum atomic E-state index is 6.31. The van der Waals surface area contributed by atoms with Crippen molar-refractivity contribution in [3.05, 3.63) is 11.7 Å². The molecule has 2 aliphatic carbocycles. The van der Waals surface area contributed by atoms with Gasteiger partial charge in [-0.2, -0.15) is 4.98 Å². The smallest absolute Gasteiger partial charge is 0.232 e. The summed E-state index contributed by atoms with van der Waals surface area (Å²) in [4.78, 5) is 4.56. The fourth-order valence-electron chi connectivity index (χ4n) is 2.82. The van der Waals surface area contributed by atoms with Crippen molar-refractivity contribution in [3.8, 4) is 0 Å². The Bertz CT molecular complexity index is 394. The molecule has 2 fully saturated rings. The molecule has 2 N–H and O–H groups in total. The van der Waals surface area contributed by atoms with Crippen molar-refractivity contribution in [3.63, 3.8) is 0 Å². The molecule has 0 atom stereocenters.